The second-order valence-corrected chi connectivity index (χ2v) is 16.0. The van der Waals surface area contributed by atoms with E-state index in [2.05, 4.69) is 19.2 Å². The van der Waals surface area contributed by atoms with Gasteiger partial charge in [-0.3, -0.25) is 4.79 Å². The summed E-state index contributed by atoms with van der Waals surface area (Å²) < 4.78 is 0. The highest BCUT2D eigenvalue weighted by Crippen LogP contribution is 2.17. The average molecular weight is 710 g/mol. The summed E-state index contributed by atoms with van der Waals surface area (Å²) in [6.45, 7) is 4.27. The molecule has 0 radical (unpaired) electrons. The maximum absolute atomic E-state index is 12.4. The molecule has 0 aliphatic rings. The van der Waals surface area contributed by atoms with Crippen molar-refractivity contribution >= 4 is 5.91 Å². The minimum atomic E-state index is -0.743. The van der Waals surface area contributed by atoms with Gasteiger partial charge in [0.05, 0.1) is 31.3 Å². The highest BCUT2D eigenvalue weighted by atomic mass is 16.3. The van der Waals surface area contributed by atoms with E-state index in [1.165, 1.54) is 199 Å². The molecule has 0 fully saturated rings. The summed E-state index contributed by atoms with van der Waals surface area (Å²) >= 11 is 0. The minimum absolute atomic E-state index is 0.0418. The van der Waals surface area contributed by atoms with Crippen LogP contribution in [0, 0.1) is 0 Å². The SMILES string of the molecule is CCCCCCCCCCCCCCCCCCCCCCCCCCCC(O)C(CO)NC(=O)CC(O)CCCCCCCCCCCC. The molecule has 0 aromatic heterocycles. The molecule has 0 rings (SSSR count). The van der Waals surface area contributed by atoms with Gasteiger partial charge in [0.2, 0.25) is 5.91 Å². The van der Waals surface area contributed by atoms with Gasteiger partial charge < -0.3 is 20.6 Å². The van der Waals surface area contributed by atoms with Crippen LogP contribution in [0.2, 0.25) is 0 Å². The van der Waals surface area contributed by atoms with Crippen LogP contribution < -0.4 is 5.32 Å². The first-order chi connectivity index (χ1) is 24.5. The van der Waals surface area contributed by atoms with Gasteiger partial charge in [0.1, 0.15) is 0 Å². The van der Waals surface area contributed by atoms with Crippen molar-refractivity contribution in [1.82, 2.24) is 5.32 Å². The predicted octanol–water partition coefficient (Wildman–Crippen LogP) is 13.0. The van der Waals surface area contributed by atoms with E-state index >= 15 is 0 Å². The quantitative estimate of drug-likeness (QED) is 0.0475. The number of amides is 1. The van der Waals surface area contributed by atoms with Crippen LogP contribution in [-0.4, -0.2) is 46.1 Å². The minimum Gasteiger partial charge on any atom is -0.394 e. The Labute approximate surface area is 313 Å². The van der Waals surface area contributed by atoms with Crippen molar-refractivity contribution in [3.63, 3.8) is 0 Å². The Morgan fingerprint density at radius 1 is 0.420 bits per heavy atom. The second kappa shape index (κ2) is 41.1. The van der Waals surface area contributed by atoms with E-state index in [4.69, 9.17) is 0 Å². The Morgan fingerprint density at radius 2 is 0.680 bits per heavy atom. The normalized spacial score (nSPS) is 13.5. The molecular formula is C45H91NO4. The van der Waals surface area contributed by atoms with Crippen LogP contribution in [0.1, 0.15) is 258 Å². The lowest BCUT2D eigenvalue weighted by molar-refractivity contribution is -0.125. The molecule has 5 nitrogen and oxygen atoms in total. The van der Waals surface area contributed by atoms with Gasteiger partial charge in [-0.25, -0.2) is 0 Å². The lowest BCUT2D eigenvalue weighted by Crippen LogP contribution is -2.46. The molecule has 0 aliphatic carbocycles. The van der Waals surface area contributed by atoms with Crippen molar-refractivity contribution in [2.45, 2.75) is 276 Å². The van der Waals surface area contributed by atoms with Gasteiger partial charge in [-0.15, -0.1) is 0 Å². The van der Waals surface area contributed by atoms with Crippen molar-refractivity contribution in [3.8, 4) is 0 Å². The third kappa shape index (κ3) is 37.1. The lowest BCUT2D eigenvalue weighted by Gasteiger charge is -2.23. The first-order valence-corrected chi connectivity index (χ1v) is 22.8. The zero-order valence-corrected chi connectivity index (χ0v) is 34.1. The molecule has 1 amide bonds. The Hall–Kier alpha value is -0.650. The number of nitrogens with one attached hydrogen (secondary N) is 1. The molecule has 0 bridgehead atoms. The molecule has 0 heterocycles. The largest absolute Gasteiger partial charge is 0.394 e. The number of hydrogen-bond donors (Lipinski definition) is 4. The molecule has 3 unspecified atom stereocenters. The number of hydrogen-bond acceptors (Lipinski definition) is 4. The molecule has 0 saturated heterocycles. The zero-order valence-electron chi connectivity index (χ0n) is 34.1. The zero-order chi connectivity index (χ0) is 36.6. The first-order valence-electron chi connectivity index (χ1n) is 22.8. The third-order valence-electron chi connectivity index (χ3n) is 10.9. The average Bonchev–Trinajstić information content (AvgIpc) is 3.11. The highest BCUT2D eigenvalue weighted by Gasteiger charge is 2.21. The summed E-state index contributed by atoms with van der Waals surface area (Å²) in [6.07, 6.45) is 46.6. The summed E-state index contributed by atoms with van der Waals surface area (Å²) in [6, 6.07) is -0.651. The maximum atomic E-state index is 12.4. The summed E-state index contributed by atoms with van der Waals surface area (Å²) in [5, 5.41) is 33.3. The molecule has 5 heteroatoms. The van der Waals surface area contributed by atoms with Crippen LogP contribution in [-0.2, 0) is 4.79 Å². The first kappa shape index (κ1) is 49.4. The number of carbonyl (C=O) groups is 1. The van der Waals surface area contributed by atoms with Gasteiger partial charge in [-0.1, -0.05) is 239 Å². The number of carbonyl (C=O) groups excluding carboxylic acids is 1. The van der Waals surface area contributed by atoms with Gasteiger partial charge >= 0.3 is 0 Å². The lowest BCUT2D eigenvalue weighted by atomic mass is 10.0. The second-order valence-electron chi connectivity index (χ2n) is 16.0. The van der Waals surface area contributed by atoms with Crippen LogP contribution in [0.25, 0.3) is 0 Å². The van der Waals surface area contributed by atoms with E-state index in [1.54, 1.807) is 0 Å². The summed E-state index contributed by atoms with van der Waals surface area (Å²) in [5.74, 6) is -0.280. The fourth-order valence-electron chi connectivity index (χ4n) is 7.41. The van der Waals surface area contributed by atoms with E-state index in [-0.39, 0.29) is 18.9 Å². The van der Waals surface area contributed by atoms with Crippen molar-refractivity contribution in [2.75, 3.05) is 6.61 Å². The Balaban J connectivity index is 3.50. The van der Waals surface area contributed by atoms with Crippen molar-refractivity contribution in [2.24, 2.45) is 0 Å². The topological polar surface area (TPSA) is 89.8 Å². The molecular weight excluding hydrogens is 618 g/mol. The molecule has 4 N–H and O–H groups in total. The number of rotatable bonds is 42. The van der Waals surface area contributed by atoms with Crippen LogP contribution in [0.15, 0.2) is 0 Å². The van der Waals surface area contributed by atoms with E-state index in [9.17, 15) is 20.1 Å². The van der Waals surface area contributed by atoms with Crippen LogP contribution in [0.3, 0.4) is 0 Å². The van der Waals surface area contributed by atoms with E-state index in [0.717, 1.165) is 25.7 Å². The molecule has 0 spiro atoms. The van der Waals surface area contributed by atoms with Gasteiger partial charge in [0, 0.05) is 0 Å². The van der Waals surface area contributed by atoms with E-state index in [1.807, 2.05) is 0 Å². The summed E-state index contributed by atoms with van der Waals surface area (Å²) in [7, 11) is 0. The number of unbranched alkanes of at least 4 members (excludes halogenated alkanes) is 33. The fraction of sp³-hybridized carbons (Fsp3) is 0.978. The monoisotopic (exact) mass is 710 g/mol. The fourth-order valence-corrected chi connectivity index (χ4v) is 7.41. The third-order valence-corrected chi connectivity index (χ3v) is 10.9. The molecule has 0 aromatic carbocycles. The Kier molecular flexibility index (Phi) is 40.6. The Morgan fingerprint density at radius 3 is 0.960 bits per heavy atom. The van der Waals surface area contributed by atoms with Crippen LogP contribution >= 0.6 is 0 Å². The maximum Gasteiger partial charge on any atom is 0.222 e. The number of aliphatic hydroxyl groups excluding tert-OH is 3. The Bertz CT molecular complexity index is 659. The van der Waals surface area contributed by atoms with E-state index < -0.39 is 18.2 Å². The molecule has 0 saturated carbocycles. The van der Waals surface area contributed by atoms with Gasteiger partial charge in [0.25, 0.3) is 0 Å². The molecule has 0 aliphatic heterocycles. The van der Waals surface area contributed by atoms with Crippen molar-refractivity contribution in [3.05, 3.63) is 0 Å². The predicted molar refractivity (Wildman–Crippen MR) is 218 cm³/mol. The van der Waals surface area contributed by atoms with Gasteiger partial charge in [-0.2, -0.15) is 0 Å². The number of aliphatic hydroxyl groups is 3. The smallest absolute Gasteiger partial charge is 0.222 e. The molecule has 300 valence electrons. The van der Waals surface area contributed by atoms with Crippen LogP contribution in [0.4, 0.5) is 0 Å². The molecule has 0 aromatic rings. The standard InChI is InChI=1S/C45H91NO4/c1-3-5-7-9-11-13-15-16-17-18-19-20-21-22-23-24-25-26-27-28-29-31-33-35-37-39-44(49)43(41-47)46-45(50)40-42(48)38-36-34-32-30-14-12-10-8-6-4-2/h42-44,47-49H,3-41H2,1-2H3,(H,46,50). The molecule has 50 heavy (non-hydrogen) atoms. The van der Waals surface area contributed by atoms with Crippen LogP contribution in [0.5, 0.6) is 0 Å². The van der Waals surface area contributed by atoms with Crippen molar-refractivity contribution < 1.29 is 20.1 Å². The van der Waals surface area contributed by atoms with E-state index in [0.29, 0.717) is 12.8 Å². The summed E-state index contributed by atoms with van der Waals surface area (Å²) in [4.78, 5) is 12.4. The van der Waals surface area contributed by atoms with Gasteiger partial charge in [-0.05, 0) is 12.8 Å². The van der Waals surface area contributed by atoms with Gasteiger partial charge in [0.15, 0.2) is 0 Å². The molecule has 3 atom stereocenters. The van der Waals surface area contributed by atoms with Crippen molar-refractivity contribution in [1.29, 1.82) is 0 Å². The summed E-state index contributed by atoms with van der Waals surface area (Å²) in [5.41, 5.74) is 0. The highest BCUT2D eigenvalue weighted by molar-refractivity contribution is 5.76.